The minimum absolute atomic E-state index is 0.0300. The van der Waals surface area contributed by atoms with Gasteiger partial charge < -0.3 is 15.5 Å². The molecule has 5 nitrogen and oxygen atoms in total. The molecule has 0 aliphatic rings. The third-order valence-corrected chi connectivity index (χ3v) is 3.86. The van der Waals surface area contributed by atoms with E-state index in [1.54, 1.807) is 0 Å². The van der Waals surface area contributed by atoms with E-state index in [0.29, 0.717) is 19.6 Å². The summed E-state index contributed by atoms with van der Waals surface area (Å²) in [6, 6.07) is 7.13. The molecule has 2 atom stereocenters. The first-order valence-electron chi connectivity index (χ1n) is 7.15. The number of nitrogens with one attached hydrogen (secondary N) is 3. The van der Waals surface area contributed by atoms with Crippen molar-refractivity contribution >= 4 is 33.4 Å². The minimum atomic E-state index is -0.291. The number of carbonyl (C=O) groups is 2. The summed E-state index contributed by atoms with van der Waals surface area (Å²) in [5, 5.41) is 5.64. The van der Waals surface area contributed by atoms with Gasteiger partial charge in [0.15, 0.2) is 12.6 Å². The molecule has 0 heterocycles. The highest BCUT2D eigenvalue weighted by Gasteiger charge is 2.25. The van der Waals surface area contributed by atoms with Crippen LogP contribution in [0.3, 0.4) is 0 Å². The lowest BCUT2D eigenvalue weighted by Crippen LogP contribution is -3.17. The predicted octanol–water partition coefficient (Wildman–Crippen LogP) is 0.817. The average Bonchev–Trinajstić information content (AvgIpc) is 2.46. The van der Waals surface area contributed by atoms with Crippen LogP contribution in [-0.4, -0.2) is 37.5 Å². The Morgan fingerprint density at radius 1 is 1.24 bits per heavy atom. The third-order valence-electron chi connectivity index (χ3n) is 3.33. The van der Waals surface area contributed by atoms with Crippen LogP contribution in [0.15, 0.2) is 28.7 Å². The van der Waals surface area contributed by atoms with Gasteiger partial charge in [-0.15, -0.1) is 0 Å². The van der Waals surface area contributed by atoms with Gasteiger partial charge in [0.2, 0.25) is 0 Å². The molecule has 6 heteroatoms. The van der Waals surface area contributed by atoms with Crippen LogP contribution >= 0.6 is 15.9 Å². The number of hydrogen-bond donors (Lipinski definition) is 3. The second-order valence-corrected chi connectivity index (χ2v) is 5.78. The van der Waals surface area contributed by atoms with E-state index >= 15 is 0 Å². The summed E-state index contributed by atoms with van der Waals surface area (Å²) < 4.78 is 0.964. The fraction of sp³-hybridized carbons (Fsp3) is 0.467. The van der Waals surface area contributed by atoms with E-state index < -0.39 is 0 Å². The summed E-state index contributed by atoms with van der Waals surface area (Å²) in [5.41, 5.74) is 0.753. The zero-order valence-electron chi connectivity index (χ0n) is 12.7. The number of hydrogen-bond acceptors (Lipinski definition) is 2. The van der Waals surface area contributed by atoms with E-state index in [1.165, 1.54) is 0 Å². The molecule has 116 valence electrons. The van der Waals surface area contributed by atoms with Crippen molar-refractivity contribution in [2.45, 2.75) is 26.8 Å². The minimum Gasteiger partial charge on any atom is -0.351 e. The number of likely N-dealkylation sites (N-methyl/N-ethyl adjacent to an activating group) is 2. The molecule has 0 aliphatic heterocycles. The van der Waals surface area contributed by atoms with Gasteiger partial charge in [-0.1, -0.05) is 15.9 Å². The average molecular weight is 357 g/mol. The molecule has 0 fully saturated rings. The Morgan fingerprint density at radius 2 is 1.86 bits per heavy atom. The molecule has 1 aromatic carbocycles. The Kier molecular flexibility index (Phi) is 7.39. The summed E-state index contributed by atoms with van der Waals surface area (Å²) >= 11 is 3.36. The number of rotatable bonds is 7. The lowest BCUT2D eigenvalue weighted by atomic mass is 10.2. The Labute approximate surface area is 134 Å². The Bertz CT molecular complexity index is 476. The van der Waals surface area contributed by atoms with Crippen molar-refractivity contribution < 1.29 is 14.5 Å². The fourth-order valence-electron chi connectivity index (χ4n) is 2.02. The summed E-state index contributed by atoms with van der Waals surface area (Å²) in [7, 11) is 0. The number of amides is 2. The fourth-order valence-corrected chi connectivity index (χ4v) is 2.28. The van der Waals surface area contributed by atoms with Gasteiger partial charge >= 0.3 is 0 Å². The van der Waals surface area contributed by atoms with E-state index in [4.69, 9.17) is 0 Å². The molecule has 21 heavy (non-hydrogen) atoms. The zero-order chi connectivity index (χ0) is 15.8. The number of halogens is 1. The van der Waals surface area contributed by atoms with Gasteiger partial charge in [-0.05, 0) is 45.0 Å². The van der Waals surface area contributed by atoms with Crippen molar-refractivity contribution in [1.82, 2.24) is 5.32 Å². The molecular weight excluding hydrogens is 334 g/mol. The Hall–Kier alpha value is -1.40. The van der Waals surface area contributed by atoms with Crippen molar-refractivity contribution in [1.29, 1.82) is 0 Å². The highest BCUT2D eigenvalue weighted by Crippen LogP contribution is 2.13. The molecule has 0 saturated heterocycles. The normalized spacial score (nSPS) is 13.3. The van der Waals surface area contributed by atoms with Gasteiger partial charge in [0.05, 0.1) is 6.54 Å². The molecule has 1 unspecified atom stereocenters. The van der Waals surface area contributed by atoms with Crippen LogP contribution in [0.5, 0.6) is 0 Å². The first kappa shape index (κ1) is 17.7. The quantitative estimate of drug-likeness (QED) is 0.677. The van der Waals surface area contributed by atoms with Crippen molar-refractivity contribution in [2.75, 3.05) is 25.0 Å². The van der Waals surface area contributed by atoms with Crippen molar-refractivity contribution in [2.24, 2.45) is 0 Å². The van der Waals surface area contributed by atoms with Crippen LogP contribution in [0.4, 0.5) is 5.69 Å². The lowest BCUT2D eigenvalue weighted by Gasteiger charge is -2.23. The van der Waals surface area contributed by atoms with Crippen molar-refractivity contribution in [3.05, 3.63) is 28.7 Å². The predicted molar refractivity (Wildman–Crippen MR) is 87.3 cm³/mol. The molecule has 0 saturated carbocycles. The number of anilines is 1. The SMILES string of the molecule is CCNC(=O)C[NH+](CC)[C@@H](C)C(=O)Nc1ccc(Br)cc1. The van der Waals surface area contributed by atoms with E-state index in [1.807, 2.05) is 45.0 Å². The molecule has 0 radical (unpaired) electrons. The Morgan fingerprint density at radius 3 is 2.38 bits per heavy atom. The largest absolute Gasteiger partial charge is 0.351 e. The summed E-state index contributed by atoms with van der Waals surface area (Å²) in [6.45, 7) is 7.32. The number of carbonyl (C=O) groups excluding carboxylic acids is 2. The zero-order valence-corrected chi connectivity index (χ0v) is 14.3. The molecule has 0 spiro atoms. The maximum atomic E-state index is 12.3. The highest BCUT2D eigenvalue weighted by molar-refractivity contribution is 9.10. The van der Waals surface area contributed by atoms with Crippen LogP contribution in [-0.2, 0) is 9.59 Å². The topological polar surface area (TPSA) is 62.6 Å². The molecule has 0 bridgehead atoms. The Balaban J connectivity index is 2.62. The van der Waals surface area contributed by atoms with Crippen LogP contribution in [0, 0.1) is 0 Å². The lowest BCUT2D eigenvalue weighted by molar-refractivity contribution is -0.904. The highest BCUT2D eigenvalue weighted by atomic mass is 79.9. The van der Waals surface area contributed by atoms with Crippen LogP contribution < -0.4 is 15.5 Å². The van der Waals surface area contributed by atoms with E-state index in [-0.39, 0.29) is 17.9 Å². The first-order chi connectivity index (χ1) is 9.97. The molecular formula is C15H23BrN3O2+. The molecule has 3 N–H and O–H groups in total. The van der Waals surface area contributed by atoms with E-state index in [0.717, 1.165) is 15.1 Å². The molecule has 0 aliphatic carbocycles. The number of benzene rings is 1. The van der Waals surface area contributed by atoms with Crippen molar-refractivity contribution in [3.63, 3.8) is 0 Å². The summed E-state index contributed by atoms with van der Waals surface area (Å²) in [4.78, 5) is 24.9. The first-order valence-corrected chi connectivity index (χ1v) is 7.94. The van der Waals surface area contributed by atoms with Gasteiger partial charge in [0.25, 0.3) is 11.8 Å². The van der Waals surface area contributed by atoms with Crippen molar-refractivity contribution in [3.8, 4) is 0 Å². The second-order valence-electron chi connectivity index (χ2n) is 4.86. The third kappa shape index (κ3) is 5.85. The molecule has 2 amide bonds. The van der Waals surface area contributed by atoms with Gasteiger partial charge in [0, 0.05) is 16.7 Å². The summed E-state index contributed by atoms with van der Waals surface area (Å²) in [6.07, 6.45) is 0. The smallest absolute Gasteiger partial charge is 0.282 e. The monoisotopic (exact) mass is 356 g/mol. The number of quaternary nitrogens is 1. The van der Waals surface area contributed by atoms with Crippen LogP contribution in [0.2, 0.25) is 0 Å². The van der Waals surface area contributed by atoms with Gasteiger partial charge in [-0.3, -0.25) is 9.59 Å². The summed E-state index contributed by atoms with van der Waals surface area (Å²) in [5.74, 6) is -0.115. The van der Waals surface area contributed by atoms with Gasteiger partial charge in [0.1, 0.15) is 0 Å². The van der Waals surface area contributed by atoms with Gasteiger partial charge in [-0.2, -0.15) is 0 Å². The van der Waals surface area contributed by atoms with Crippen LogP contribution in [0.1, 0.15) is 20.8 Å². The molecule has 0 aromatic heterocycles. The maximum absolute atomic E-state index is 12.3. The molecule has 1 aromatic rings. The maximum Gasteiger partial charge on any atom is 0.282 e. The second kappa shape index (κ2) is 8.79. The van der Waals surface area contributed by atoms with Crippen LogP contribution in [0.25, 0.3) is 0 Å². The van der Waals surface area contributed by atoms with E-state index in [2.05, 4.69) is 26.6 Å². The van der Waals surface area contributed by atoms with E-state index in [9.17, 15) is 9.59 Å². The van der Waals surface area contributed by atoms with Gasteiger partial charge in [-0.25, -0.2) is 0 Å². The molecule has 1 rings (SSSR count). The standard InChI is InChI=1S/C15H22BrN3O2/c1-4-17-14(20)10-19(5-2)11(3)15(21)18-13-8-6-12(16)7-9-13/h6-9,11H,4-5,10H2,1-3H3,(H,17,20)(H,18,21)/p+1/t11-/m0/s1.